The van der Waals surface area contributed by atoms with E-state index in [-0.39, 0.29) is 17.2 Å². The lowest BCUT2D eigenvalue weighted by molar-refractivity contribution is -0.169. The molecule has 0 radical (unpaired) electrons. The fourth-order valence-corrected chi connectivity index (χ4v) is 5.47. The van der Waals surface area contributed by atoms with E-state index in [9.17, 15) is 22.8 Å². The van der Waals surface area contributed by atoms with Crippen LogP contribution < -0.4 is 21.3 Å². The Morgan fingerprint density at radius 2 is 1.85 bits per heavy atom. The van der Waals surface area contributed by atoms with Crippen LogP contribution in [0.15, 0.2) is 60.5 Å². The van der Waals surface area contributed by atoms with Gasteiger partial charge in [0.15, 0.2) is 11.5 Å². The highest BCUT2D eigenvalue weighted by atomic mass is 19.4. The van der Waals surface area contributed by atoms with Crippen molar-refractivity contribution in [2.24, 2.45) is 11.8 Å². The van der Waals surface area contributed by atoms with Crippen molar-refractivity contribution in [3.8, 4) is 5.82 Å². The van der Waals surface area contributed by atoms with Crippen LogP contribution in [0.4, 0.5) is 36.2 Å². The summed E-state index contributed by atoms with van der Waals surface area (Å²) in [5, 5.41) is 16.9. The third-order valence-electron chi connectivity index (χ3n) is 8.46. The molecule has 4 N–H and O–H groups in total. The number of morpholine rings is 1. The van der Waals surface area contributed by atoms with Crippen molar-refractivity contribution < 1.29 is 27.5 Å². The second-order valence-electron chi connectivity index (χ2n) is 12.2. The predicted molar refractivity (Wildman–Crippen MR) is 174 cm³/mol. The Hall–Kier alpha value is -4.76. The van der Waals surface area contributed by atoms with Crippen molar-refractivity contribution in [2.45, 2.75) is 38.9 Å². The molecular weight excluding hydrogens is 627 g/mol. The average molecular weight is 666 g/mol. The van der Waals surface area contributed by atoms with Crippen molar-refractivity contribution in [2.75, 3.05) is 55.3 Å². The van der Waals surface area contributed by atoms with E-state index in [1.165, 1.54) is 30.1 Å². The Bertz CT molecular complexity index is 1710. The zero-order chi connectivity index (χ0) is 33.8. The largest absolute Gasteiger partial charge is 0.395 e. The number of hydrogen-bond acceptors (Lipinski definition) is 9. The van der Waals surface area contributed by atoms with Crippen LogP contribution >= 0.6 is 0 Å². The number of rotatable bonds is 11. The minimum atomic E-state index is -4.46. The predicted octanol–water partition coefficient (Wildman–Crippen LogP) is 4.60. The van der Waals surface area contributed by atoms with Crippen LogP contribution in [-0.4, -0.2) is 88.1 Å². The van der Waals surface area contributed by atoms with Gasteiger partial charge >= 0.3 is 6.18 Å². The summed E-state index contributed by atoms with van der Waals surface area (Å²) in [4.78, 5) is 37.2. The Labute approximate surface area is 275 Å². The van der Waals surface area contributed by atoms with E-state index in [2.05, 4.69) is 41.2 Å². The monoisotopic (exact) mass is 665 g/mol. The van der Waals surface area contributed by atoms with Gasteiger partial charge in [-0.2, -0.15) is 23.0 Å². The Kier molecular flexibility index (Phi) is 9.78. The van der Waals surface area contributed by atoms with E-state index < -0.39 is 23.9 Å². The standard InChI is InChI=1S/C33H38F3N9O3/c1-20-3-5-22(15-25(20)33(34,35)36)31(46)41-24-6-4-21(2)26(16-24)42-30-17-27(32(47)37-9-10-44-11-13-48-14-12-44)43-45(30)29-18-28(38-19-39-29)40-23-7-8-23/h3-6,15-20,23,25,42H,7-14H2,1-2H3,(H,37,47)(H,41,46)(H,38,39,40). The fraction of sp³-hybridized carbons (Fsp3) is 0.424. The van der Waals surface area contributed by atoms with E-state index >= 15 is 0 Å². The van der Waals surface area contributed by atoms with Gasteiger partial charge in [-0.25, -0.2) is 9.97 Å². The molecule has 6 rings (SSSR count). The van der Waals surface area contributed by atoms with Crippen LogP contribution in [0, 0.1) is 18.8 Å². The number of carbonyl (C=O) groups is 2. The first-order valence-corrected chi connectivity index (χ1v) is 16.0. The van der Waals surface area contributed by atoms with Crippen LogP contribution in [0.2, 0.25) is 0 Å². The molecule has 3 heterocycles. The molecule has 3 aromatic rings. The molecule has 1 aromatic carbocycles. The number of aryl methyl sites for hydroxylation is 1. The molecule has 0 spiro atoms. The number of benzene rings is 1. The van der Waals surface area contributed by atoms with Crippen LogP contribution in [0.5, 0.6) is 0 Å². The van der Waals surface area contributed by atoms with Gasteiger partial charge in [0.1, 0.15) is 18.0 Å². The summed E-state index contributed by atoms with van der Waals surface area (Å²) in [7, 11) is 0. The number of aromatic nitrogens is 4. The van der Waals surface area contributed by atoms with Crippen molar-refractivity contribution >= 4 is 34.8 Å². The minimum absolute atomic E-state index is 0.0627. The number of carbonyl (C=O) groups excluding carboxylic acids is 2. The lowest BCUT2D eigenvalue weighted by atomic mass is 9.86. The van der Waals surface area contributed by atoms with E-state index in [4.69, 9.17) is 4.74 Å². The SMILES string of the molecule is Cc1ccc(NC(=O)C2=CC(C(F)(F)F)C(C)C=C2)cc1Nc1cc(C(=O)NCCN2CCOCC2)nn1-c1cc(NC2CC2)ncn1. The lowest BCUT2D eigenvalue weighted by Gasteiger charge is -2.26. The number of ether oxygens (including phenoxy) is 1. The molecule has 0 bridgehead atoms. The molecule has 2 aliphatic carbocycles. The number of nitrogens with zero attached hydrogens (tertiary/aromatic N) is 5. The maximum atomic E-state index is 13.5. The van der Waals surface area contributed by atoms with Gasteiger partial charge in [-0.15, -0.1) is 0 Å². The molecule has 1 aliphatic heterocycles. The summed E-state index contributed by atoms with van der Waals surface area (Å²) in [5.74, 6) is -2.03. The average Bonchev–Trinajstić information content (AvgIpc) is 3.78. The highest BCUT2D eigenvalue weighted by Crippen LogP contribution is 2.37. The quantitative estimate of drug-likeness (QED) is 0.232. The zero-order valence-electron chi connectivity index (χ0n) is 26.7. The molecule has 2 unspecified atom stereocenters. The topological polar surface area (TPSA) is 138 Å². The van der Waals surface area contributed by atoms with Crippen LogP contribution in [0.3, 0.4) is 0 Å². The van der Waals surface area contributed by atoms with Gasteiger partial charge in [-0.1, -0.05) is 31.2 Å². The molecule has 2 fully saturated rings. The molecule has 15 heteroatoms. The van der Waals surface area contributed by atoms with E-state index in [1.807, 2.05) is 6.92 Å². The summed E-state index contributed by atoms with van der Waals surface area (Å²) in [5.41, 5.74) is 1.86. The molecule has 2 aromatic heterocycles. The molecule has 254 valence electrons. The molecule has 12 nitrogen and oxygen atoms in total. The molecule has 48 heavy (non-hydrogen) atoms. The first kappa shape index (κ1) is 33.2. The number of alkyl halides is 3. The van der Waals surface area contributed by atoms with Crippen molar-refractivity contribution in [3.05, 3.63) is 71.7 Å². The van der Waals surface area contributed by atoms with E-state index in [0.29, 0.717) is 61.2 Å². The van der Waals surface area contributed by atoms with Crippen molar-refractivity contribution in [3.63, 3.8) is 0 Å². The van der Waals surface area contributed by atoms with Crippen LogP contribution in [0.1, 0.15) is 35.8 Å². The number of amides is 2. The summed E-state index contributed by atoms with van der Waals surface area (Å²) >= 11 is 0. The summed E-state index contributed by atoms with van der Waals surface area (Å²) < 4.78 is 47.5. The molecule has 2 amide bonds. The van der Waals surface area contributed by atoms with Crippen LogP contribution in [0.25, 0.3) is 5.82 Å². The molecule has 1 saturated heterocycles. The smallest absolute Gasteiger partial charge is 0.379 e. The third kappa shape index (κ3) is 8.20. The first-order valence-electron chi connectivity index (χ1n) is 16.0. The number of anilines is 4. The summed E-state index contributed by atoms with van der Waals surface area (Å²) in [6.45, 7) is 7.40. The van der Waals surface area contributed by atoms with Gasteiger partial charge in [0.2, 0.25) is 0 Å². The minimum Gasteiger partial charge on any atom is -0.379 e. The van der Waals surface area contributed by atoms with Crippen molar-refractivity contribution in [1.82, 2.24) is 30.0 Å². The molecular formula is C33H38F3N9O3. The van der Waals surface area contributed by atoms with Crippen LogP contribution in [-0.2, 0) is 9.53 Å². The van der Waals surface area contributed by atoms with Gasteiger partial charge in [-0.3, -0.25) is 14.5 Å². The highest BCUT2D eigenvalue weighted by Gasteiger charge is 2.42. The number of nitrogens with one attached hydrogen (secondary N) is 4. The second-order valence-corrected chi connectivity index (χ2v) is 12.2. The normalized spacial score (nSPS) is 19.8. The lowest BCUT2D eigenvalue weighted by Crippen LogP contribution is -2.41. The van der Waals surface area contributed by atoms with Gasteiger partial charge in [0.05, 0.1) is 19.1 Å². The fourth-order valence-electron chi connectivity index (χ4n) is 5.47. The summed E-state index contributed by atoms with van der Waals surface area (Å²) in [6, 6.07) is 8.83. The van der Waals surface area contributed by atoms with E-state index in [0.717, 1.165) is 37.6 Å². The maximum absolute atomic E-state index is 13.5. The van der Waals surface area contributed by atoms with Gasteiger partial charge in [-0.05, 0) is 43.4 Å². The number of halogens is 3. The maximum Gasteiger partial charge on any atom is 0.395 e. The number of hydrogen-bond donors (Lipinski definition) is 4. The molecule has 2 atom stereocenters. The Morgan fingerprint density at radius 3 is 2.60 bits per heavy atom. The van der Waals surface area contributed by atoms with Crippen molar-refractivity contribution in [1.29, 1.82) is 0 Å². The number of allylic oxidation sites excluding steroid dienone is 2. The summed E-state index contributed by atoms with van der Waals surface area (Å²) in [6.07, 6.45) is 2.85. The van der Waals surface area contributed by atoms with E-state index in [1.54, 1.807) is 30.3 Å². The molecule has 1 saturated carbocycles. The highest BCUT2D eigenvalue weighted by molar-refractivity contribution is 6.06. The van der Waals surface area contributed by atoms with Gasteiger partial charge < -0.3 is 26.0 Å². The Morgan fingerprint density at radius 1 is 1.06 bits per heavy atom. The molecule has 3 aliphatic rings. The third-order valence-corrected chi connectivity index (χ3v) is 8.46. The Balaban J connectivity index is 1.22. The first-order chi connectivity index (χ1) is 23.0. The second kappa shape index (κ2) is 14.2. The van der Waals surface area contributed by atoms with Gasteiger partial charge in [0.25, 0.3) is 11.8 Å². The zero-order valence-corrected chi connectivity index (χ0v) is 26.7. The van der Waals surface area contributed by atoms with Gasteiger partial charge in [0, 0.05) is 61.3 Å².